The Morgan fingerprint density at radius 3 is 2.57 bits per heavy atom. The SMILES string of the molecule is Cc1cn2nc(-c3cc(O)ccc3-c3ccc(C4CNC4)nn3)cc(C)c2n1. The molecule has 4 aromatic rings. The first-order valence-corrected chi connectivity index (χ1v) is 9.30. The van der Waals surface area contributed by atoms with Crippen LogP contribution in [0, 0.1) is 13.8 Å². The zero-order chi connectivity index (χ0) is 19.3. The predicted molar refractivity (Wildman–Crippen MR) is 106 cm³/mol. The predicted octanol–water partition coefficient (Wildman–Crippen LogP) is 2.86. The summed E-state index contributed by atoms with van der Waals surface area (Å²) in [4.78, 5) is 4.51. The van der Waals surface area contributed by atoms with Gasteiger partial charge in [0.05, 0.1) is 29.0 Å². The topological polar surface area (TPSA) is 88.2 Å². The molecule has 1 aliphatic heterocycles. The second kappa shape index (κ2) is 6.38. The van der Waals surface area contributed by atoms with Gasteiger partial charge in [-0.3, -0.25) is 0 Å². The van der Waals surface area contributed by atoms with Crippen molar-refractivity contribution in [1.29, 1.82) is 0 Å². The molecule has 0 amide bonds. The minimum absolute atomic E-state index is 0.185. The summed E-state index contributed by atoms with van der Waals surface area (Å²) in [5.41, 5.74) is 6.97. The molecular formula is C21H20N6O. The summed E-state index contributed by atoms with van der Waals surface area (Å²) in [6, 6.07) is 11.3. The van der Waals surface area contributed by atoms with Crippen LogP contribution in [0.25, 0.3) is 28.2 Å². The number of aryl methyl sites for hydroxylation is 2. The molecule has 0 unspecified atom stereocenters. The van der Waals surface area contributed by atoms with E-state index in [9.17, 15) is 5.11 Å². The van der Waals surface area contributed by atoms with Gasteiger partial charge in [-0.1, -0.05) is 0 Å². The van der Waals surface area contributed by atoms with E-state index in [4.69, 9.17) is 5.10 Å². The molecule has 1 fully saturated rings. The molecule has 0 spiro atoms. The molecule has 5 rings (SSSR count). The molecular weight excluding hydrogens is 352 g/mol. The molecule has 1 aromatic carbocycles. The second-order valence-electron chi connectivity index (χ2n) is 7.29. The van der Waals surface area contributed by atoms with E-state index in [-0.39, 0.29) is 5.75 Å². The number of fused-ring (bicyclic) bond motifs is 1. The molecule has 0 bridgehead atoms. The van der Waals surface area contributed by atoms with Crippen LogP contribution in [-0.4, -0.2) is 43.0 Å². The monoisotopic (exact) mass is 372 g/mol. The molecule has 0 aliphatic carbocycles. The number of hydrogen-bond donors (Lipinski definition) is 2. The fourth-order valence-electron chi connectivity index (χ4n) is 3.55. The largest absolute Gasteiger partial charge is 0.508 e. The number of hydrogen-bond acceptors (Lipinski definition) is 6. The number of phenolic OH excluding ortho intramolecular Hbond substituents is 1. The van der Waals surface area contributed by atoms with E-state index in [0.29, 0.717) is 5.92 Å². The van der Waals surface area contributed by atoms with E-state index in [1.54, 1.807) is 16.6 Å². The first-order valence-electron chi connectivity index (χ1n) is 9.30. The fourth-order valence-corrected chi connectivity index (χ4v) is 3.55. The Balaban J connectivity index is 1.63. The maximum absolute atomic E-state index is 10.1. The number of aromatic hydroxyl groups is 1. The third kappa shape index (κ3) is 2.80. The molecule has 0 atom stereocenters. The van der Waals surface area contributed by atoms with Gasteiger partial charge in [0.1, 0.15) is 5.75 Å². The third-order valence-corrected chi connectivity index (χ3v) is 5.17. The lowest BCUT2D eigenvalue weighted by molar-refractivity contribution is 0.436. The molecule has 1 saturated heterocycles. The first kappa shape index (κ1) is 16.8. The van der Waals surface area contributed by atoms with Crippen molar-refractivity contribution in [1.82, 2.24) is 30.1 Å². The Hall–Kier alpha value is -3.32. The summed E-state index contributed by atoms with van der Waals surface area (Å²) in [5, 5.41) is 26.9. The molecule has 7 nitrogen and oxygen atoms in total. The van der Waals surface area contributed by atoms with E-state index >= 15 is 0 Å². The minimum Gasteiger partial charge on any atom is -0.508 e. The summed E-state index contributed by atoms with van der Waals surface area (Å²) in [6.07, 6.45) is 1.90. The van der Waals surface area contributed by atoms with Crippen LogP contribution >= 0.6 is 0 Å². The van der Waals surface area contributed by atoms with Gasteiger partial charge < -0.3 is 10.4 Å². The van der Waals surface area contributed by atoms with Crippen molar-refractivity contribution < 1.29 is 5.11 Å². The van der Waals surface area contributed by atoms with Crippen molar-refractivity contribution in [2.75, 3.05) is 13.1 Å². The zero-order valence-corrected chi connectivity index (χ0v) is 15.7. The number of aromatic nitrogens is 5. The number of nitrogens with one attached hydrogen (secondary N) is 1. The summed E-state index contributed by atoms with van der Waals surface area (Å²) < 4.78 is 1.78. The Labute approximate surface area is 162 Å². The molecule has 7 heteroatoms. The van der Waals surface area contributed by atoms with E-state index < -0.39 is 0 Å². The van der Waals surface area contributed by atoms with Crippen molar-refractivity contribution in [3.8, 4) is 28.3 Å². The smallest absolute Gasteiger partial charge is 0.156 e. The van der Waals surface area contributed by atoms with Gasteiger partial charge in [-0.2, -0.15) is 15.3 Å². The van der Waals surface area contributed by atoms with E-state index in [0.717, 1.165) is 58.2 Å². The molecule has 2 N–H and O–H groups in total. The van der Waals surface area contributed by atoms with Crippen molar-refractivity contribution in [3.63, 3.8) is 0 Å². The number of rotatable bonds is 3. The molecule has 4 heterocycles. The number of imidazole rings is 1. The van der Waals surface area contributed by atoms with Crippen LogP contribution in [-0.2, 0) is 0 Å². The van der Waals surface area contributed by atoms with Gasteiger partial charge in [-0.15, -0.1) is 0 Å². The summed E-state index contributed by atoms with van der Waals surface area (Å²) in [5.74, 6) is 0.627. The van der Waals surface area contributed by atoms with Crippen molar-refractivity contribution >= 4 is 5.65 Å². The maximum Gasteiger partial charge on any atom is 0.156 e. The highest BCUT2D eigenvalue weighted by molar-refractivity contribution is 5.81. The first-order chi connectivity index (χ1) is 13.6. The number of benzene rings is 1. The Morgan fingerprint density at radius 2 is 1.86 bits per heavy atom. The normalized spacial score (nSPS) is 14.4. The van der Waals surface area contributed by atoms with Gasteiger partial charge in [0.25, 0.3) is 0 Å². The van der Waals surface area contributed by atoms with Crippen LogP contribution in [0.3, 0.4) is 0 Å². The van der Waals surface area contributed by atoms with Crippen molar-refractivity contribution in [3.05, 3.63) is 59.5 Å². The second-order valence-corrected chi connectivity index (χ2v) is 7.29. The maximum atomic E-state index is 10.1. The van der Waals surface area contributed by atoms with Gasteiger partial charge in [-0.25, -0.2) is 9.50 Å². The Kier molecular flexibility index (Phi) is 3.84. The lowest BCUT2D eigenvalue weighted by Gasteiger charge is -2.25. The lowest BCUT2D eigenvalue weighted by Crippen LogP contribution is -2.40. The van der Waals surface area contributed by atoms with Crippen LogP contribution in [0.1, 0.15) is 22.9 Å². The minimum atomic E-state index is 0.185. The summed E-state index contributed by atoms with van der Waals surface area (Å²) in [6.45, 7) is 5.86. The average Bonchev–Trinajstić information content (AvgIpc) is 3.02. The van der Waals surface area contributed by atoms with Gasteiger partial charge in [0, 0.05) is 30.1 Å². The summed E-state index contributed by atoms with van der Waals surface area (Å²) in [7, 11) is 0. The van der Waals surface area contributed by atoms with E-state index in [2.05, 4.69) is 20.5 Å². The van der Waals surface area contributed by atoms with Gasteiger partial charge in [-0.05, 0) is 55.8 Å². The molecule has 3 aromatic heterocycles. The summed E-state index contributed by atoms with van der Waals surface area (Å²) >= 11 is 0. The van der Waals surface area contributed by atoms with Crippen LogP contribution in [0.15, 0.2) is 42.6 Å². The lowest BCUT2D eigenvalue weighted by atomic mass is 9.97. The highest BCUT2D eigenvalue weighted by Gasteiger charge is 2.21. The molecule has 140 valence electrons. The van der Waals surface area contributed by atoms with Gasteiger partial charge in [0.15, 0.2) is 5.65 Å². The Bertz CT molecular complexity index is 1180. The standard InChI is InChI=1S/C21H20N6O/c1-12-7-20(26-27-11-13(2)23-21(12)27)17-8-15(28)3-4-16(17)19-6-5-18(24-25-19)14-9-22-10-14/h3-8,11,14,22,28H,9-10H2,1-2H3. The average molecular weight is 372 g/mol. The highest BCUT2D eigenvalue weighted by atomic mass is 16.3. The van der Waals surface area contributed by atoms with Gasteiger partial charge >= 0.3 is 0 Å². The molecule has 28 heavy (non-hydrogen) atoms. The van der Waals surface area contributed by atoms with Crippen LogP contribution in [0.5, 0.6) is 5.75 Å². The third-order valence-electron chi connectivity index (χ3n) is 5.17. The van der Waals surface area contributed by atoms with Crippen LogP contribution in [0.2, 0.25) is 0 Å². The van der Waals surface area contributed by atoms with Crippen molar-refractivity contribution in [2.24, 2.45) is 0 Å². The highest BCUT2D eigenvalue weighted by Crippen LogP contribution is 2.33. The quantitative estimate of drug-likeness (QED) is 0.575. The van der Waals surface area contributed by atoms with E-state index in [1.807, 2.05) is 44.3 Å². The number of nitrogens with zero attached hydrogens (tertiary/aromatic N) is 5. The van der Waals surface area contributed by atoms with Crippen LogP contribution < -0.4 is 5.32 Å². The zero-order valence-electron chi connectivity index (χ0n) is 15.7. The van der Waals surface area contributed by atoms with Crippen molar-refractivity contribution in [2.45, 2.75) is 19.8 Å². The Morgan fingerprint density at radius 1 is 1.00 bits per heavy atom. The van der Waals surface area contributed by atoms with Crippen LogP contribution in [0.4, 0.5) is 0 Å². The molecule has 1 aliphatic rings. The fraction of sp³-hybridized carbons (Fsp3) is 0.238. The van der Waals surface area contributed by atoms with E-state index in [1.165, 1.54) is 0 Å². The van der Waals surface area contributed by atoms with Gasteiger partial charge in [0.2, 0.25) is 0 Å². The molecule has 0 radical (unpaired) electrons. The molecule has 0 saturated carbocycles. The number of phenols is 1.